The molecular formula is C74H62O2. The van der Waals surface area contributed by atoms with E-state index in [9.17, 15) is 10.2 Å². The highest BCUT2D eigenvalue weighted by atomic mass is 16.3. The van der Waals surface area contributed by atoms with Crippen LogP contribution in [0.1, 0.15) is 110 Å². The van der Waals surface area contributed by atoms with Gasteiger partial charge in [0.15, 0.2) is 0 Å². The Morgan fingerprint density at radius 1 is 0.263 bits per heavy atom. The van der Waals surface area contributed by atoms with Crippen molar-refractivity contribution in [3.8, 4) is 89.4 Å². The van der Waals surface area contributed by atoms with E-state index in [1.807, 2.05) is 0 Å². The fourth-order valence-electron chi connectivity index (χ4n) is 14.4. The minimum Gasteiger partial charge on any atom is -0.508 e. The number of hydrogen-bond acceptors (Lipinski definition) is 2. The molecule has 0 bridgehead atoms. The van der Waals surface area contributed by atoms with Crippen LogP contribution >= 0.6 is 0 Å². The van der Waals surface area contributed by atoms with Crippen LogP contribution in [0.5, 0.6) is 11.5 Å². The fourth-order valence-corrected chi connectivity index (χ4v) is 14.4. The monoisotopic (exact) mass is 982 g/mol. The molecule has 2 heteroatoms. The van der Waals surface area contributed by atoms with Crippen molar-refractivity contribution in [2.45, 2.75) is 88.9 Å². The molecule has 0 aliphatic heterocycles. The van der Waals surface area contributed by atoms with Crippen LogP contribution in [0.3, 0.4) is 0 Å². The minimum absolute atomic E-state index is 0.140. The molecule has 0 saturated heterocycles. The first kappa shape index (κ1) is 46.3. The van der Waals surface area contributed by atoms with E-state index < -0.39 is 0 Å². The molecule has 2 N–H and O–H groups in total. The van der Waals surface area contributed by atoms with Crippen LogP contribution in [-0.4, -0.2) is 10.2 Å². The Morgan fingerprint density at radius 2 is 0.513 bits per heavy atom. The number of rotatable bonds is 9. The van der Waals surface area contributed by atoms with Crippen LogP contribution in [0, 0.1) is 0 Å². The van der Waals surface area contributed by atoms with Gasteiger partial charge in [-0.2, -0.15) is 0 Å². The van der Waals surface area contributed by atoms with E-state index in [1.165, 1.54) is 134 Å². The van der Waals surface area contributed by atoms with Crippen LogP contribution in [0.2, 0.25) is 0 Å². The second-order valence-corrected chi connectivity index (χ2v) is 23.9. The third kappa shape index (κ3) is 6.92. The molecule has 0 amide bonds. The molecule has 0 saturated carbocycles. The molecule has 10 aromatic rings. The number of phenolic OH excluding ortho intramolecular Hbond substituents is 2. The van der Waals surface area contributed by atoms with Crippen molar-refractivity contribution in [2.24, 2.45) is 0 Å². The molecule has 0 fully saturated rings. The van der Waals surface area contributed by atoms with Gasteiger partial charge >= 0.3 is 0 Å². The maximum absolute atomic E-state index is 9.96. The maximum Gasteiger partial charge on any atom is 0.115 e. The van der Waals surface area contributed by atoms with Crippen molar-refractivity contribution in [3.05, 3.63) is 262 Å². The molecule has 4 aliphatic rings. The molecular weight excluding hydrogens is 921 g/mol. The lowest BCUT2D eigenvalue weighted by Crippen LogP contribution is -2.21. The summed E-state index contributed by atoms with van der Waals surface area (Å²) < 4.78 is 0. The summed E-state index contributed by atoms with van der Waals surface area (Å²) in [4.78, 5) is 0. The summed E-state index contributed by atoms with van der Waals surface area (Å²) in [7, 11) is 0. The van der Waals surface area contributed by atoms with Gasteiger partial charge in [0.25, 0.3) is 0 Å². The molecule has 2 unspecified atom stereocenters. The zero-order chi connectivity index (χ0) is 51.9. The Hall–Kier alpha value is -8.20. The van der Waals surface area contributed by atoms with Crippen molar-refractivity contribution in [1.82, 2.24) is 0 Å². The van der Waals surface area contributed by atoms with E-state index in [4.69, 9.17) is 0 Å². The molecule has 0 aromatic heterocycles. The SMILES string of the molecule is CC1(C)c2cc(-c3ccc4c(c3)C(C)(C)c3cc(-c5ccc6c(c5)C(C)(CCc5ccc(O)cc5)c5ccccc5-6)ccc3-4)ccc2-c2ccc(-c3ccc4c(c3)C(C)(CCc3ccc(O)cc3)c3ccccc3-4)cc21. The maximum atomic E-state index is 9.96. The third-order valence-corrected chi connectivity index (χ3v) is 18.9. The Bertz CT molecular complexity index is 3770. The standard InChI is InChI=1S/C74H62O2/c1-71(2)65-39-47(19-29-57(65)59-31-21-49(41-67(59)71)51-23-33-61-55-11-7-9-13-63(55)73(5,69(61)43-51)37-35-45-15-25-53(75)26-16-45)48-20-30-58-60-32-22-50(42-68(60)72(3,4)66(58)40-48)52-24-34-62-56-12-8-10-14-64(56)74(6,70(62)44-52)38-36-46-17-27-54(76)28-18-46/h7-34,39-44,75-76H,35-38H2,1-6H3. The van der Waals surface area contributed by atoms with Crippen LogP contribution in [0.4, 0.5) is 0 Å². The first-order valence-electron chi connectivity index (χ1n) is 27.3. The highest BCUT2D eigenvalue weighted by Gasteiger charge is 2.42. The number of aryl methyl sites for hydroxylation is 2. The Labute approximate surface area is 448 Å². The average Bonchev–Trinajstić information content (AvgIpc) is 4.21. The number of fused-ring (bicyclic) bond motifs is 12. The van der Waals surface area contributed by atoms with Gasteiger partial charge in [0.05, 0.1) is 0 Å². The lowest BCUT2D eigenvalue weighted by Gasteiger charge is -2.28. The number of hydrogen-bond donors (Lipinski definition) is 2. The number of aromatic hydroxyl groups is 2. The quantitative estimate of drug-likeness (QED) is 0.151. The summed E-state index contributed by atoms with van der Waals surface area (Å²) in [6, 6.07) is 76.4. The molecule has 0 spiro atoms. The van der Waals surface area contributed by atoms with Gasteiger partial charge < -0.3 is 10.2 Å². The summed E-state index contributed by atoms with van der Waals surface area (Å²) in [6.07, 6.45) is 3.82. The van der Waals surface area contributed by atoms with Crippen molar-refractivity contribution in [2.75, 3.05) is 0 Å². The van der Waals surface area contributed by atoms with E-state index in [1.54, 1.807) is 24.3 Å². The predicted molar refractivity (Wildman–Crippen MR) is 315 cm³/mol. The predicted octanol–water partition coefficient (Wildman–Crippen LogP) is 18.5. The van der Waals surface area contributed by atoms with E-state index >= 15 is 0 Å². The summed E-state index contributed by atoms with van der Waals surface area (Å²) in [5, 5.41) is 19.9. The second kappa shape index (κ2) is 16.6. The van der Waals surface area contributed by atoms with Gasteiger partial charge in [-0.1, -0.05) is 187 Å². The average molecular weight is 983 g/mol. The van der Waals surface area contributed by atoms with E-state index in [0.717, 1.165) is 25.7 Å². The van der Waals surface area contributed by atoms with Crippen molar-refractivity contribution >= 4 is 0 Å². The first-order valence-corrected chi connectivity index (χ1v) is 27.3. The van der Waals surface area contributed by atoms with Gasteiger partial charge in [-0.3, -0.25) is 0 Å². The minimum atomic E-state index is -0.185. The zero-order valence-electron chi connectivity index (χ0n) is 44.4. The van der Waals surface area contributed by atoms with E-state index in [-0.39, 0.29) is 21.7 Å². The Morgan fingerprint density at radius 3 is 0.816 bits per heavy atom. The zero-order valence-corrected chi connectivity index (χ0v) is 44.4. The number of phenols is 2. The van der Waals surface area contributed by atoms with Gasteiger partial charge in [-0.05, 0) is 220 Å². The highest BCUT2D eigenvalue weighted by Crippen LogP contribution is 2.57. The van der Waals surface area contributed by atoms with Gasteiger partial charge in [0.2, 0.25) is 0 Å². The molecule has 2 atom stereocenters. The summed E-state index contributed by atoms with van der Waals surface area (Å²) in [5.41, 5.74) is 31.1. The van der Waals surface area contributed by atoms with Crippen LogP contribution in [-0.2, 0) is 34.5 Å². The number of benzene rings is 10. The lowest BCUT2D eigenvalue weighted by atomic mass is 9.75. The third-order valence-electron chi connectivity index (χ3n) is 18.9. The Kier molecular flexibility index (Phi) is 10.2. The van der Waals surface area contributed by atoms with Crippen LogP contribution < -0.4 is 0 Å². The topological polar surface area (TPSA) is 40.5 Å². The molecule has 370 valence electrons. The molecule has 14 rings (SSSR count). The van der Waals surface area contributed by atoms with Crippen LogP contribution in [0.15, 0.2) is 206 Å². The molecule has 2 nitrogen and oxygen atoms in total. The first-order chi connectivity index (χ1) is 36.7. The fraction of sp³-hybridized carbons (Fsp3) is 0.189. The molecule has 10 aromatic carbocycles. The van der Waals surface area contributed by atoms with Gasteiger partial charge in [0.1, 0.15) is 11.5 Å². The molecule has 76 heavy (non-hydrogen) atoms. The largest absolute Gasteiger partial charge is 0.508 e. The highest BCUT2D eigenvalue weighted by molar-refractivity contribution is 5.91. The summed E-state index contributed by atoms with van der Waals surface area (Å²) >= 11 is 0. The summed E-state index contributed by atoms with van der Waals surface area (Å²) in [5.74, 6) is 0.620. The Balaban J connectivity index is 0.748. The molecule has 4 aliphatic carbocycles. The lowest BCUT2D eigenvalue weighted by molar-refractivity contribution is 0.474. The molecule has 0 heterocycles. The normalized spacial score (nSPS) is 18.2. The van der Waals surface area contributed by atoms with Crippen LogP contribution in [0.25, 0.3) is 77.9 Å². The molecule has 0 radical (unpaired) electrons. The summed E-state index contributed by atoms with van der Waals surface area (Å²) in [6.45, 7) is 14.5. The van der Waals surface area contributed by atoms with Gasteiger partial charge in [-0.15, -0.1) is 0 Å². The van der Waals surface area contributed by atoms with E-state index in [0.29, 0.717) is 11.5 Å². The van der Waals surface area contributed by atoms with Gasteiger partial charge in [-0.25, -0.2) is 0 Å². The smallest absolute Gasteiger partial charge is 0.115 e. The second-order valence-electron chi connectivity index (χ2n) is 23.9. The van der Waals surface area contributed by atoms with Crippen molar-refractivity contribution in [1.29, 1.82) is 0 Å². The van der Waals surface area contributed by atoms with Crippen molar-refractivity contribution in [3.63, 3.8) is 0 Å². The van der Waals surface area contributed by atoms with E-state index in [2.05, 4.69) is 224 Å². The van der Waals surface area contributed by atoms with Crippen molar-refractivity contribution < 1.29 is 10.2 Å². The van der Waals surface area contributed by atoms with Gasteiger partial charge in [0, 0.05) is 21.7 Å².